The average Bonchev–Trinajstić information content (AvgIpc) is 2.50. The fraction of sp³-hybridized carbons (Fsp3) is 0.333. The van der Waals surface area contributed by atoms with Gasteiger partial charge in [0.2, 0.25) is 0 Å². The van der Waals surface area contributed by atoms with Crippen molar-refractivity contribution in [2.75, 3.05) is 0 Å². The highest BCUT2D eigenvalue weighted by molar-refractivity contribution is 5.85. The number of rotatable bonds is 4. The molecule has 0 saturated carbocycles. The summed E-state index contributed by atoms with van der Waals surface area (Å²) in [6.07, 6.45) is 2.84. The van der Waals surface area contributed by atoms with Crippen molar-refractivity contribution in [3.05, 3.63) is 53.6 Å². The zero-order valence-electron chi connectivity index (χ0n) is 13.6. The minimum absolute atomic E-state index is 0. The first kappa shape index (κ1) is 21.1. The quantitative estimate of drug-likeness (QED) is 0.639. The summed E-state index contributed by atoms with van der Waals surface area (Å²) in [4.78, 5) is 0. The molecule has 1 unspecified atom stereocenters. The third-order valence-electron chi connectivity index (χ3n) is 3.27. The van der Waals surface area contributed by atoms with E-state index in [9.17, 15) is 0 Å². The molecule has 4 nitrogen and oxygen atoms in total. The Morgan fingerprint density at radius 1 is 0.913 bits per heavy atom. The normalized spacial score (nSPS) is 10.9. The number of hydrogen-bond acceptors (Lipinski definition) is 4. The topological polar surface area (TPSA) is 86.7 Å². The van der Waals surface area contributed by atoms with E-state index in [1.807, 2.05) is 26.0 Å². The molecule has 2 aromatic carbocycles. The maximum atomic E-state index is 9.01. The predicted molar refractivity (Wildman–Crippen MR) is 96.5 cm³/mol. The molecular formula is C18H26ClNO3. The number of hydrogen-bond donors (Lipinski definition) is 4. The standard InChI is InChI=1S/C10H15NO.C8H10O2.ClH/c1-8(11)2-3-9-4-6-10(12)7-5-9;1-2-6-3-4-7(9)8(10)5-6;/h4-8,12H,2-3,11H2,1H3;3-5,9-10H,2H2,1H3;1H. The SMILES string of the molecule is CC(N)CCc1ccc(O)cc1.CCc1ccc(O)c(O)c1.Cl. The summed E-state index contributed by atoms with van der Waals surface area (Å²) in [5, 5.41) is 26.9. The molecule has 128 valence electrons. The number of phenols is 3. The Balaban J connectivity index is 0.000000409. The van der Waals surface area contributed by atoms with E-state index in [4.69, 9.17) is 21.1 Å². The van der Waals surface area contributed by atoms with Crippen LogP contribution in [0.5, 0.6) is 17.2 Å². The lowest BCUT2D eigenvalue weighted by molar-refractivity contribution is 0.403. The van der Waals surface area contributed by atoms with Crippen LogP contribution in [0.25, 0.3) is 0 Å². The maximum Gasteiger partial charge on any atom is 0.157 e. The van der Waals surface area contributed by atoms with Crippen LogP contribution in [0.2, 0.25) is 0 Å². The second-order valence-corrected chi connectivity index (χ2v) is 5.36. The van der Waals surface area contributed by atoms with Crippen molar-refractivity contribution >= 4 is 12.4 Å². The summed E-state index contributed by atoms with van der Waals surface area (Å²) < 4.78 is 0. The molecule has 5 heteroatoms. The van der Waals surface area contributed by atoms with Crippen LogP contribution < -0.4 is 5.73 Å². The van der Waals surface area contributed by atoms with Gasteiger partial charge in [-0.25, -0.2) is 0 Å². The van der Waals surface area contributed by atoms with Crippen LogP contribution in [0, 0.1) is 0 Å². The van der Waals surface area contributed by atoms with Gasteiger partial charge in [0, 0.05) is 6.04 Å². The van der Waals surface area contributed by atoms with Crippen molar-refractivity contribution in [1.82, 2.24) is 0 Å². The summed E-state index contributed by atoms with van der Waals surface area (Å²) in [6.45, 7) is 3.99. The molecule has 0 spiro atoms. The summed E-state index contributed by atoms with van der Waals surface area (Å²) in [5.41, 5.74) is 7.87. The molecule has 5 N–H and O–H groups in total. The molecule has 0 amide bonds. The summed E-state index contributed by atoms with van der Waals surface area (Å²) in [7, 11) is 0. The van der Waals surface area contributed by atoms with Crippen LogP contribution in [0.15, 0.2) is 42.5 Å². The van der Waals surface area contributed by atoms with Crippen LogP contribution in [0.3, 0.4) is 0 Å². The number of nitrogens with two attached hydrogens (primary N) is 1. The van der Waals surface area contributed by atoms with E-state index in [2.05, 4.69) is 0 Å². The fourth-order valence-electron chi connectivity index (χ4n) is 1.85. The molecule has 1 atom stereocenters. The van der Waals surface area contributed by atoms with Gasteiger partial charge in [0.25, 0.3) is 0 Å². The van der Waals surface area contributed by atoms with Crippen molar-refractivity contribution in [2.45, 2.75) is 39.2 Å². The molecule has 0 aliphatic heterocycles. The van der Waals surface area contributed by atoms with E-state index in [0.717, 1.165) is 24.8 Å². The Morgan fingerprint density at radius 2 is 1.48 bits per heavy atom. The van der Waals surface area contributed by atoms with Gasteiger partial charge in [-0.05, 0) is 61.6 Å². The monoisotopic (exact) mass is 339 g/mol. The zero-order chi connectivity index (χ0) is 16.5. The lowest BCUT2D eigenvalue weighted by Gasteiger charge is -2.04. The van der Waals surface area contributed by atoms with Crippen molar-refractivity contribution in [1.29, 1.82) is 0 Å². The van der Waals surface area contributed by atoms with Gasteiger partial charge in [0.05, 0.1) is 0 Å². The highest BCUT2D eigenvalue weighted by Crippen LogP contribution is 2.24. The van der Waals surface area contributed by atoms with Gasteiger partial charge in [0.1, 0.15) is 5.75 Å². The van der Waals surface area contributed by atoms with Crippen molar-refractivity contribution in [2.24, 2.45) is 5.73 Å². The first-order valence-corrected chi connectivity index (χ1v) is 7.46. The summed E-state index contributed by atoms with van der Waals surface area (Å²) in [6, 6.07) is 12.4. The Labute approximate surface area is 144 Å². The molecule has 0 aliphatic rings. The van der Waals surface area contributed by atoms with Crippen LogP contribution >= 0.6 is 12.4 Å². The van der Waals surface area contributed by atoms with E-state index in [0.29, 0.717) is 5.75 Å². The minimum Gasteiger partial charge on any atom is -0.508 e. The van der Waals surface area contributed by atoms with Crippen molar-refractivity contribution in [3.8, 4) is 17.2 Å². The van der Waals surface area contributed by atoms with Crippen LogP contribution in [-0.2, 0) is 12.8 Å². The first-order valence-electron chi connectivity index (χ1n) is 7.46. The lowest BCUT2D eigenvalue weighted by Crippen LogP contribution is -2.15. The van der Waals surface area contributed by atoms with E-state index in [1.54, 1.807) is 24.3 Å². The smallest absolute Gasteiger partial charge is 0.157 e. The second-order valence-electron chi connectivity index (χ2n) is 5.36. The van der Waals surface area contributed by atoms with Crippen LogP contribution in [-0.4, -0.2) is 21.4 Å². The third kappa shape index (κ3) is 8.33. The highest BCUT2D eigenvalue weighted by atomic mass is 35.5. The van der Waals surface area contributed by atoms with Crippen molar-refractivity contribution < 1.29 is 15.3 Å². The van der Waals surface area contributed by atoms with Gasteiger partial charge >= 0.3 is 0 Å². The number of halogens is 1. The molecule has 0 saturated heterocycles. The molecule has 2 rings (SSSR count). The van der Waals surface area contributed by atoms with Crippen LogP contribution in [0.1, 0.15) is 31.4 Å². The fourth-order valence-corrected chi connectivity index (χ4v) is 1.85. The molecule has 0 bridgehead atoms. The molecule has 2 aromatic rings. The van der Waals surface area contributed by atoms with Gasteiger partial charge in [-0.15, -0.1) is 12.4 Å². The zero-order valence-corrected chi connectivity index (χ0v) is 14.4. The number of phenolic OH excluding ortho intramolecular Hbond substituents is 3. The van der Waals surface area contributed by atoms with E-state index in [1.165, 1.54) is 11.6 Å². The third-order valence-corrected chi connectivity index (χ3v) is 3.27. The van der Waals surface area contributed by atoms with Crippen molar-refractivity contribution in [3.63, 3.8) is 0 Å². The summed E-state index contributed by atoms with van der Waals surface area (Å²) >= 11 is 0. The molecular weight excluding hydrogens is 314 g/mol. The highest BCUT2D eigenvalue weighted by Gasteiger charge is 1.97. The Kier molecular flexibility index (Phi) is 9.86. The predicted octanol–water partition coefficient (Wildman–Crippen LogP) is 3.75. The number of aromatic hydroxyl groups is 3. The minimum atomic E-state index is -0.0581. The lowest BCUT2D eigenvalue weighted by atomic mass is 10.1. The summed E-state index contributed by atoms with van der Waals surface area (Å²) in [5.74, 6) is 0.219. The van der Waals surface area contributed by atoms with Gasteiger partial charge in [-0.3, -0.25) is 0 Å². The molecule has 0 radical (unpaired) electrons. The first-order chi connectivity index (χ1) is 10.4. The number of aryl methyl sites for hydroxylation is 2. The second kappa shape index (κ2) is 10.8. The number of benzene rings is 2. The van der Waals surface area contributed by atoms with Gasteiger partial charge in [-0.1, -0.05) is 25.1 Å². The van der Waals surface area contributed by atoms with E-state index in [-0.39, 0.29) is 29.9 Å². The molecule has 0 fully saturated rings. The Morgan fingerprint density at radius 3 is 1.96 bits per heavy atom. The molecule has 23 heavy (non-hydrogen) atoms. The Hall–Kier alpha value is -1.91. The molecule has 0 aliphatic carbocycles. The van der Waals surface area contributed by atoms with Gasteiger partial charge in [-0.2, -0.15) is 0 Å². The van der Waals surface area contributed by atoms with Gasteiger partial charge in [0.15, 0.2) is 11.5 Å². The Bertz CT molecular complexity index is 571. The molecule has 0 heterocycles. The van der Waals surface area contributed by atoms with Crippen LogP contribution in [0.4, 0.5) is 0 Å². The molecule has 0 aromatic heterocycles. The maximum absolute atomic E-state index is 9.01. The van der Waals surface area contributed by atoms with Gasteiger partial charge < -0.3 is 21.1 Å². The average molecular weight is 340 g/mol. The largest absolute Gasteiger partial charge is 0.508 e. The van der Waals surface area contributed by atoms with E-state index >= 15 is 0 Å². The van der Waals surface area contributed by atoms with E-state index < -0.39 is 0 Å².